The van der Waals surface area contributed by atoms with Crippen LogP contribution in [0.3, 0.4) is 0 Å². The summed E-state index contributed by atoms with van der Waals surface area (Å²) in [5.74, 6) is 0.179. The lowest BCUT2D eigenvalue weighted by atomic mass is 10.1. The number of nitrogens with one attached hydrogen (secondary N) is 1. The molecule has 114 valence electrons. The Morgan fingerprint density at radius 3 is 2.73 bits per heavy atom. The van der Waals surface area contributed by atoms with Gasteiger partial charge in [0, 0.05) is 17.2 Å². The summed E-state index contributed by atoms with van der Waals surface area (Å²) >= 11 is 0. The van der Waals surface area contributed by atoms with E-state index in [0.717, 1.165) is 37.2 Å². The number of pyridine rings is 1. The zero-order valence-corrected chi connectivity index (χ0v) is 12.3. The van der Waals surface area contributed by atoms with Crippen molar-refractivity contribution in [2.24, 2.45) is 5.73 Å². The molecule has 22 heavy (non-hydrogen) atoms. The highest BCUT2D eigenvalue weighted by Crippen LogP contribution is 2.22. The average molecular weight is 297 g/mol. The number of hydrogen-bond donors (Lipinski definition) is 2. The number of rotatable bonds is 4. The molecule has 0 bridgehead atoms. The fourth-order valence-electron chi connectivity index (χ4n) is 2.56. The molecule has 2 heterocycles. The van der Waals surface area contributed by atoms with E-state index in [1.54, 1.807) is 18.2 Å². The van der Waals surface area contributed by atoms with E-state index in [4.69, 9.17) is 10.5 Å². The Hall–Kier alpha value is -2.40. The van der Waals surface area contributed by atoms with Crippen LogP contribution in [0.5, 0.6) is 5.88 Å². The highest BCUT2D eigenvalue weighted by Gasteiger charge is 2.15. The van der Waals surface area contributed by atoms with Gasteiger partial charge in [0.05, 0.1) is 5.69 Å². The Morgan fingerprint density at radius 2 is 1.95 bits per heavy atom. The van der Waals surface area contributed by atoms with Gasteiger partial charge in [0.15, 0.2) is 0 Å². The van der Waals surface area contributed by atoms with E-state index in [9.17, 15) is 4.79 Å². The van der Waals surface area contributed by atoms with Gasteiger partial charge < -0.3 is 15.8 Å². The van der Waals surface area contributed by atoms with Gasteiger partial charge >= 0.3 is 0 Å². The molecule has 5 heteroatoms. The van der Waals surface area contributed by atoms with E-state index in [2.05, 4.69) is 10.3 Å². The second-order valence-corrected chi connectivity index (χ2v) is 5.37. The fourth-order valence-corrected chi connectivity index (χ4v) is 2.56. The second kappa shape index (κ2) is 6.58. The van der Waals surface area contributed by atoms with Crippen molar-refractivity contribution >= 4 is 5.91 Å². The average Bonchev–Trinajstić information content (AvgIpc) is 2.56. The molecule has 5 nitrogen and oxygen atoms in total. The fraction of sp³-hybridized carbons (Fsp3) is 0.294. The van der Waals surface area contributed by atoms with Crippen LogP contribution in [0.25, 0.3) is 11.3 Å². The van der Waals surface area contributed by atoms with Crippen molar-refractivity contribution < 1.29 is 9.53 Å². The summed E-state index contributed by atoms with van der Waals surface area (Å²) in [6.45, 7) is 1.95. The van der Waals surface area contributed by atoms with Gasteiger partial charge in [-0.15, -0.1) is 0 Å². The summed E-state index contributed by atoms with van der Waals surface area (Å²) in [6.07, 6.45) is 2.19. The van der Waals surface area contributed by atoms with E-state index in [1.807, 2.05) is 24.3 Å². The van der Waals surface area contributed by atoms with E-state index < -0.39 is 5.91 Å². The first-order chi connectivity index (χ1) is 10.7. The predicted molar refractivity (Wildman–Crippen MR) is 84.7 cm³/mol. The summed E-state index contributed by atoms with van der Waals surface area (Å²) in [6, 6.07) is 12.8. The molecule has 1 aliphatic heterocycles. The highest BCUT2D eigenvalue weighted by atomic mass is 16.5. The molecule has 1 aromatic carbocycles. The largest absolute Gasteiger partial charge is 0.474 e. The van der Waals surface area contributed by atoms with Crippen molar-refractivity contribution in [3.63, 3.8) is 0 Å². The van der Waals surface area contributed by atoms with Crippen LogP contribution >= 0.6 is 0 Å². The molecule has 1 amide bonds. The number of ether oxygens (including phenoxy) is 1. The molecule has 3 N–H and O–H groups in total. The van der Waals surface area contributed by atoms with E-state index >= 15 is 0 Å². The third kappa shape index (κ3) is 3.43. The smallest absolute Gasteiger partial charge is 0.248 e. The molecule has 0 aliphatic carbocycles. The Labute approximate surface area is 129 Å². The second-order valence-electron chi connectivity index (χ2n) is 5.37. The van der Waals surface area contributed by atoms with Crippen LogP contribution in [0, 0.1) is 0 Å². The third-order valence-corrected chi connectivity index (χ3v) is 3.74. The van der Waals surface area contributed by atoms with Crippen LogP contribution in [0.4, 0.5) is 0 Å². The minimum absolute atomic E-state index is 0.209. The Bertz CT molecular complexity index is 666. The van der Waals surface area contributed by atoms with Gasteiger partial charge in [-0.2, -0.15) is 0 Å². The van der Waals surface area contributed by atoms with Crippen molar-refractivity contribution in [2.45, 2.75) is 18.9 Å². The third-order valence-electron chi connectivity index (χ3n) is 3.74. The van der Waals surface area contributed by atoms with Crippen LogP contribution in [0.2, 0.25) is 0 Å². The predicted octanol–water partition coefficient (Wildman–Crippen LogP) is 1.98. The van der Waals surface area contributed by atoms with Gasteiger partial charge in [-0.1, -0.05) is 18.2 Å². The van der Waals surface area contributed by atoms with Crippen molar-refractivity contribution in [3.8, 4) is 17.1 Å². The van der Waals surface area contributed by atoms with Crippen LogP contribution in [-0.4, -0.2) is 30.1 Å². The summed E-state index contributed by atoms with van der Waals surface area (Å²) < 4.78 is 5.95. The molecular weight excluding hydrogens is 278 g/mol. The minimum atomic E-state index is -0.441. The van der Waals surface area contributed by atoms with Gasteiger partial charge in [-0.25, -0.2) is 4.98 Å². The van der Waals surface area contributed by atoms with Crippen molar-refractivity contribution in [2.75, 3.05) is 13.1 Å². The Kier molecular flexibility index (Phi) is 4.34. The molecule has 0 atom stereocenters. The van der Waals surface area contributed by atoms with E-state index in [0.29, 0.717) is 11.4 Å². The van der Waals surface area contributed by atoms with Gasteiger partial charge in [0.1, 0.15) is 6.10 Å². The molecule has 0 saturated carbocycles. The van der Waals surface area contributed by atoms with Crippen molar-refractivity contribution in [3.05, 3.63) is 48.0 Å². The number of benzene rings is 1. The lowest BCUT2D eigenvalue weighted by molar-refractivity contribution is 0.100. The number of nitrogens with two attached hydrogens (primary N) is 1. The maximum Gasteiger partial charge on any atom is 0.248 e. The van der Waals surface area contributed by atoms with Crippen molar-refractivity contribution in [1.82, 2.24) is 10.3 Å². The summed E-state index contributed by atoms with van der Waals surface area (Å²) in [4.78, 5) is 15.8. The quantitative estimate of drug-likeness (QED) is 0.904. The van der Waals surface area contributed by atoms with Crippen molar-refractivity contribution in [1.29, 1.82) is 0 Å². The van der Waals surface area contributed by atoms with Gasteiger partial charge in [-0.3, -0.25) is 4.79 Å². The lowest BCUT2D eigenvalue weighted by Gasteiger charge is -2.23. The number of piperidine rings is 1. The maximum atomic E-state index is 11.3. The molecule has 0 radical (unpaired) electrons. The highest BCUT2D eigenvalue weighted by molar-refractivity contribution is 5.93. The summed E-state index contributed by atoms with van der Waals surface area (Å²) in [5.41, 5.74) is 7.43. The first-order valence-corrected chi connectivity index (χ1v) is 7.47. The standard InChI is InChI=1S/C17H19N3O2/c18-17(21)13-4-1-3-12(11-13)15-5-2-6-16(20-15)22-14-7-9-19-10-8-14/h1-6,11,14,19H,7-10H2,(H2,18,21). The van der Waals surface area contributed by atoms with Crippen LogP contribution in [0.15, 0.2) is 42.5 Å². The van der Waals surface area contributed by atoms with Gasteiger partial charge in [0.25, 0.3) is 0 Å². The number of carbonyl (C=O) groups is 1. The van der Waals surface area contributed by atoms with E-state index in [-0.39, 0.29) is 6.10 Å². The molecule has 1 aromatic heterocycles. The number of hydrogen-bond acceptors (Lipinski definition) is 4. The van der Waals surface area contributed by atoms with Gasteiger partial charge in [-0.05, 0) is 44.1 Å². The molecule has 1 saturated heterocycles. The minimum Gasteiger partial charge on any atom is -0.474 e. The molecule has 1 aliphatic rings. The van der Waals surface area contributed by atoms with Crippen LogP contribution in [0.1, 0.15) is 23.2 Å². The molecular formula is C17H19N3O2. The Balaban J connectivity index is 1.81. The molecule has 1 fully saturated rings. The van der Waals surface area contributed by atoms with Gasteiger partial charge in [0.2, 0.25) is 11.8 Å². The number of nitrogens with zero attached hydrogens (tertiary/aromatic N) is 1. The molecule has 2 aromatic rings. The SMILES string of the molecule is NC(=O)c1cccc(-c2cccc(OC3CCNCC3)n2)c1. The monoisotopic (exact) mass is 297 g/mol. The topological polar surface area (TPSA) is 77.2 Å². The number of primary amides is 1. The Morgan fingerprint density at radius 1 is 1.18 bits per heavy atom. The molecule has 3 rings (SSSR count). The zero-order chi connectivity index (χ0) is 15.4. The summed E-state index contributed by atoms with van der Waals surface area (Å²) in [5, 5.41) is 3.31. The van der Waals surface area contributed by atoms with Crippen LogP contribution < -0.4 is 15.8 Å². The lowest BCUT2D eigenvalue weighted by Crippen LogP contribution is -2.34. The number of amides is 1. The molecule has 0 unspecified atom stereocenters. The first-order valence-electron chi connectivity index (χ1n) is 7.47. The maximum absolute atomic E-state index is 11.3. The molecule has 0 spiro atoms. The normalized spacial score (nSPS) is 15.5. The first kappa shape index (κ1) is 14.5. The summed E-state index contributed by atoms with van der Waals surface area (Å²) in [7, 11) is 0. The van der Waals surface area contributed by atoms with E-state index in [1.165, 1.54) is 0 Å². The van der Waals surface area contributed by atoms with Crippen LogP contribution in [-0.2, 0) is 0 Å². The zero-order valence-electron chi connectivity index (χ0n) is 12.3. The number of aromatic nitrogens is 1. The number of carbonyl (C=O) groups excluding carboxylic acids is 1.